The second-order valence-electron chi connectivity index (χ2n) is 4.46. The molecule has 0 unspecified atom stereocenters. The summed E-state index contributed by atoms with van der Waals surface area (Å²) in [5.41, 5.74) is 6.09. The van der Waals surface area contributed by atoms with E-state index >= 15 is 0 Å². The van der Waals surface area contributed by atoms with Crippen molar-refractivity contribution in [1.29, 1.82) is 0 Å². The van der Waals surface area contributed by atoms with Crippen LogP contribution in [0.5, 0.6) is 0 Å². The summed E-state index contributed by atoms with van der Waals surface area (Å²) in [6, 6.07) is 4.93. The van der Waals surface area contributed by atoms with Gasteiger partial charge in [0.05, 0.1) is 12.3 Å². The Bertz CT molecular complexity index is 284. The van der Waals surface area contributed by atoms with Gasteiger partial charge in [0.1, 0.15) is 5.76 Å². The van der Waals surface area contributed by atoms with Gasteiger partial charge in [-0.15, -0.1) is 0 Å². The fourth-order valence-corrected chi connectivity index (χ4v) is 2.31. The minimum Gasteiger partial charge on any atom is -0.468 e. The van der Waals surface area contributed by atoms with E-state index in [1.165, 1.54) is 19.3 Å². The van der Waals surface area contributed by atoms with Gasteiger partial charge in [-0.1, -0.05) is 12.8 Å². The van der Waals surface area contributed by atoms with Crippen LogP contribution in [0.2, 0.25) is 0 Å². The van der Waals surface area contributed by atoms with Crippen molar-refractivity contribution in [3.8, 4) is 0 Å². The first kappa shape index (κ1) is 10.7. The molecular weight excluding hydrogens is 188 g/mol. The molecule has 1 aromatic heterocycles. The lowest BCUT2D eigenvalue weighted by molar-refractivity contribution is 0.291. The topological polar surface area (TPSA) is 51.2 Å². The van der Waals surface area contributed by atoms with Crippen molar-refractivity contribution in [2.24, 2.45) is 5.73 Å². The minimum absolute atomic E-state index is 0.258. The van der Waals surface area contributed by atoms with Crippen molar-refractivity contribution in [2.75, 3.05) is 0 Å². The van der Waals surface area contributed by atoms with E-state index in [4.69, 9.17) is 10.2 Å². The van der Waals surface area contributed by atoms with Crippen LogP contribution in [-0.2, 0) is 0 Å². The van der Waals surface area contributed by atoms with Crippen LogP contribution in [0.15, 0.2) is 22.8 Å². The summed E-state index contributed by atoms with van der Waals surface area (Å²) < 4.78 is 5.37. The van der Waals surface area contributed by atoms with Gasteiger partial charge in [0.15, 0.2) is 0 Å². The quantitative estimate of drug-likeness (QED) is 0.800. The van der Waals surface area contributed by atoms with E-state index in [-0.39, 0.29) is 6.04 Å². The normalized spacial score (nSPS) is 28.9. The molecule has 1 aliphatic rings. The van der Waals surface area contributed by atoms with E-state index in [9.17, 15) is 0 Å². The first-order valence-electron chi connectivity index (χ1n) is 5.82. The van der Waals surface area contributed by atoms with Gasteiger partial charge >= 0.3 is 0 Å². The molecule has 0 aromatic carbocycles. The molecular formula is C12H20N2O. The third-order valence-electron chi connectivity index (χ3n) is 3.25. The van der Waals surface area contributed by atoms with Gasteiger partial charge in [0, 0.05) is 12.1 Å². The summed E-state index contributed by atoms with van der Waals surface area (Å²) in [7, 11) is 0. The number of nitrogens with one attached hydrogen (secondary N) is 1. The van der Waals surface area contributed by atoms with Crippen LogP contribution in [-0.4, -0.2) is 12.1 Å². The highest BCUT2D eigenvalue weighted by Crippen LogP contribution is 2.21. The molecule has 1 heterocycles. The largest absolute Gasteiger partial charge is 0.468 e. The molecule has 1 aliphatic carbocycles. The van der Waals surface area contributed by atoms with Crippen LogP contribution in [0.25, 0.3) is 0 Å². The molecule has 0 spiro atoms. The van der Waals surface area contributed by atoms with Gasteiger partial charge < -0.3 is 15.5 Å². The fourth-order valence-electron chi connectivity index (χ4n) is 2.31. The van der Waals surface area contributed by atoms with Crippen molar-refractivity contribution >= 4 is 0 Å². The van der Waals surface area contributed by atoms with Crippen molar-refractivity contribution in [2.45, 2.75) is 50.7 Å². The Kier molecular flexibility index (Phi) is 3.44. The Hall–Kier alpha value is -0.800. The number of rotatable bonds is 3. The molecule has 0 radical (unpaired) electrons. The molecule has 15 heavy (non-hydrogen) atoms. The molecule has 1 fully saturated rings. The van der Waals surface area contributed by atoms with E-state index in [1.807, 2.05) is 12.1 Å². The van der Waals surface area contributed by atoms with Crippen LogP contribution < -0.4 is 11.1 Å². The van der Waals surface area contributed by atoms with Crippen LogP contribution >= 0.6 is 0 Å². The number of hydrogen-bond acceptors (Lipinski definition) is 3. The Morgan fingerprint density at radius 3 is 2.93 bits per heavy atom. The molecule has 3 N–H and O–H groups in total. The molecule has 0 aliphatic heterocycles. The molecule has 3 heteroatoms. The zero-order chi connectivity index (χ0) is 10.7. The molecule has 1 aromatic rings. The molecule has 3 atom stereocenters. The van der Waals surface area contributed by atoms with Crippen molar-refractivity contribution in [1.82, 2.24) is 5.32 Å². The first-order valence-corrected chi connectivity index (χ1v) is 5.82. The lowest BCUT2D eigenvalue weighted by Gasteiger charge is -2.31. The molecule has 3 nitrogen and oxygen atoms in total. The smallest absolute Gasteiger partial charge is 0.120 e. The van der Waals surface area contributed by atoms with Gasteiger partial charge in [0.2, 0.25) is 0 Å². The summed E-state index contributed by atoms with van der Waals surface area (Å²) in [6.07, 6.45) is 6.60. The fraction of sp³-hybridized carbons (Fsp3) is 0.667. The van der Waals surface area contributed by atoms with Crippen LogP contribution in [0.3, 0.4) is 0 Å². The molecule has 84 valence electrons. The standard InChI is InChI=1S/C12H20N2O/c1-9(12-7-4-8-15-12)14-11-6-3-2-5-10(11)13/h4,7-11,14H,2-3,5-6,13H2,1H3/t9-,10+,11-/m0/s1. The van der Waals surface area contributed by atoms with Gasteiger partial charge in [0.25, 0.3) is 0 Å². The highest BCUT2D eigenvalue weighted by Gasteiger charge is 2.23. The van der Waals surface area contributed by atoms with Crippen molar-refractivity contribution in [3.05, 3.63) is 24.2 Å². The SMILES string of the molecule is C[C@H](N[C@H]1CCCC[C@H]1N)c1ccco1. The highest BCUT2D eigenvalue weighted by molar-refractivity contribution is 5.04. The van der Waals surface area contributed by atoms with Crippen LogP contribution in [0.1, 0.15) is 44.4 Å². The summed E-state index contributed by atoms with van der Waals surface area (Å²) >= 11 is 0. The highest BCUT2D eigenvalue weighted by atomic mass is 16.3. The van der Waals surface area contributed by atoms with E-state index in [0.29, 0.717) is 12.1 Å². The van der Waals surface area contributed by atoms with Crippen molar-refractivity contribution < 1.29 is 4.42 Å². The molecule has 0 bridgehead atoms. The second kappa shape index (κ2) is 4.81. The third-order valence-corrected chi connectivity index (χ3v) is 3.25. The predicted octanol–water partition coefficient (Wildman–Crippen LogP) is 2.20. The van der Waals surface area contributed by atoms with Gasteiger partial charge in [-0.25, -0.2) is 0 Å². The average Bonchev–Trinajstić information content (AvgIpc) is 2.74. The Morgan fingerprint density at radius 1 is 1.47 bits per heavy atom. The number of nitrogens with two attached hydrogens (primary N) is 1. The van der Waals surface area contributed by atoms with Crippen LogP contribution in [0.4, 0.5) is 0 Å². The summed E-state index contributed by atoms with van der Waals surface area (Å²) in [5, 5.41) is 3.55. The van der Waals surface area contributed by atoms with Crippen molar-refractivity contribution in [3.63, 3.8) is 0 Å². The molecule has 2 rings (SSSR count). The van der Waals surface area contributed by atoms with Gasteiger partial charge in [-0.2, -0.15) is 0 Å². The number of furan rings is 1. The minimum atomic E-state index is 0.258. The van der Waals surface area contributed by atoms with E-state index in [1.54, 1.807) is 6.26 Å². The summed E-state index contributed by atoms with van der Waals surface area (Å²) in [4.78, 5) is 0. The Morgan fingerprint density at radius 2 is 2.27 bits per heavy atom. The monoisotopic (exact) mass is 208 g/mol. The molecule has 0 amide bonds. The Labute approximate surface area is 91.0 Å². The average molecular weight is 208 g/mol. The second-order valence-corrected chi connectivity index (χ2v) is 4.46. The maximum atomic E-state index is 6.09. The van der Waals surface area contributed by atoms with E-state index < -0.39 is 0 Å². The predicted molar refractivity (Wildman–Crippen MR) is 60.5 cm³/mol. The van der Waals surface area contributed by atoms with Gasteiger partial charge in [-0.3, -0.25) is 0 Å². The lowest BCUT2D eigenvalue weighted by atomic mass is 9.90. The Balaban J connectivity index is 1.90. The lowest BCUT2D eigenvalue weighted by Crippen LogP contribution is -2.47. The summed E-state index contributed by atoms with van der Waals surface area (Å²) in [6.45, 7) is 2.13. The van der Waals surface area contributed by atoms with E-state index in [2.05, 4.69) is 12.2 Å². The molecule has 0 saturated heterocycles. The number of hydrogen-bond donors (Lipinski definition) is 2. The molecule has 1 saturated carbocycles. The van der Waals surface area contributed by atoms with Gasteiger partial charge in [-0.05, 0) is 31.9 Å². The van der Waals surface area contributed by atoms with Crippen LogP contribution in [0, 0.1) is 0 Å². The zero-order valence-electron chi connectivity index (χ0n) is 9.28. The first-order chi connectivity index (χ1) is 7.27. The zero-order valence-corrected chi connectivity index (χ0v) is 9.28. The maximum absolute atomic E-state index is 6.09. The summed E-state index contributed by atoms with van der Waals surface area (Å²) in [5.74, 6) is 0.993. The maximum Gasteiger partial charge on any atom is 0.120 e. The van der Waals surface area contributed by atoms with E-state index in [0.717, 1.165) is 12.2 Å². The third kappa shape index (κ3) is 2.61.